The van der Waals surface area contributed by atoms with E-state index in [4.69, 9.17) is 17.3 Å². The predicted octanol–water partition coefficient (Wildman–Crippen LogP) is 1.87. The molecule has 2 N–H and O–H groups in total. The van der Waals surface area contributed by atoms with Crippen molar-refractivity contribution in [2.45, 2.75) is 17.9 Å². The van der Waals surface area contributed by atoms with E-state index in [-0.39, 0.29) is 34.9 Å². The van der Waals surface area contributed by atoms with E-state index >= 15 is 0 Å². The van der Waals surface area contributed by atoms with Crippen LogP contribution >= 0.6 is 24.0 Å². The van der Waals surface area contributed by atoms with Crippen LogP contribution in [0.5, 0.6) is 0 Å². The predicted molar refractivity (Wildman–Crippen MR) is 72.1 cm³/mol. The number of nitrogens with two attached hydrogens (primary N) is 1. The van der Waals surface area contributed by atoms with E-state index in [0.717, 1.165) is 16.4 Å². The number of hydrogen-bond acceptors (Lipinski definition) is 3. The van der Waals surface area contributed by atoms with Gasteiger partial charge in [-0.05, 0) is 25.1 Å². The van der Waals surface area contributed by atoms with Gasteiger partial charge >= 0.3 is 0 Å². The lowest BCUT2D eigenvalue weighted by atomic mass is 10.3. The smallest absolute Gasteiger partial charge is 0.243 e. The molecule has 0 aliphatic heterocycles. The van der Waals surface area contributed by atoms with E-state index in [2.05, 4.69) is 0 Å². The zero-order valence-electron chi connectivity index (χ0n) is 9.93. The first-order valence-corrected chi connectivity index (χ1v) is 6.75. The standard InChI is InChI=1S/C10H14ClFN2O2S.ClH/c1-7(6-13)14(2)17(15,16)10-4-8(11)3-9(12)5-10;/h3-5,7H,6,13H2,1-2H3;1H. The first-order valence-electron chi connectivity index (χ1n) is 4.93. The summed E-state index contributed by atoms with van der Waals surface area (Å²) in [6.45, 7) is 1.84. The average molecular weight is 317 g/mol. The van der Waals surface area contributed by atoms with Crippen molar-refractivity contribution in [3.05, 3.63) is 29.0 Å². The van der Waals surface area contributed by atoms with Crippen LogP contribution in [0.3, 0.4) is 0 Å². The Morgan fingerprint density at radius 1 is 1.44 bits per heavy atom. The molecule has 1 rings (SSSR count). The molecule has 0 saturated heterocycles. The molecule has 0 aromatic heterocycles. The SMILES string of the molecule is CC(CN)N(C)S(=O)(=O)c1cc(F)cc(Cl)c1.Cl. The van der Waals surface area contributed by atoms with Crippen LogP contribution in [0.4, 0.5) is 4.39 Å². The summed E-state index contributed by atoms with van der Waals surface area (Å²) >= 11 is 5.63. The summed E-state index contributed by atoms with van der Waals surface area (Å²) < 4.78 is 38.4. The molecule has 8 heteroatoms. The molecule has 0 radical (unpaired) electrons. The van der Waals surface area contributed by atoms with Gasteiger partial charge in [-0.25, -0.2) is 12.8 Å². The molecule has 0 heterocycles. The van der Waals surface area contributed by atoms with Crippen molar-refractivity contribution >= 4 is 34.0 Å². The summed E-state index contributed by atoms with van der Waals surface area (Å²) in [5.74, 6) is -0.690. The molecule has 0 aliphatic rings. The van der Waals surface area contributed by atoms with E-state index in [0.29, 0.717) is 0 Å². The van der Waals surface area contributed by atoms with Gasteiger partial charge in [0.1, 0.15) is 5.82 Å². The first-order chi connectivity index (χ1) is 7.78. The zero-order valence-corrected chi connectivity index (χ0v) is 12.3. The maximum Gasteiger partial charge on any atom is 0.243 e. The Kier molecular flexibility index (Phi) is 6.53. The molecule has 1 unspecified atom stereocenters. The summed E-state index contributed by atoms with van der Waals surface area (Å²) in [7, 11) is -2.37. The fourth-order valence-corrected chi connectivity index (χ4v) is 2.95. The van der Waals surface area contributed by atoms with Crippen molar-refractivity contribution in [3.8, 4) is 0 Å². The minimum atomic E-state index is -3.77. The van der Waals surface area contributed by atoms with Crippen molar-refractivity contribution in [1.29, 1.82) is 0 Å². The second-order valence-electron chi connectivity index (χ2n) is 3.71. The zero-order chi connectivity index (χ0) is 13.2. The van der Waals surface area contributed by atoms with Crippen LogP contribution in [0, 0.1) is 5.82 Å². The third-order valence-electron chi connectivity index (χ3n) is 2.47. The minimum absolute atomic E-state index is 0. The van der Waals surface area contributed by atoms with Crippen LogP contribution in [0.2, 0.25) is 5.02 Å². The van der Waals surface area contributed by atoms with Crippen molar-refractivity contribution in [2.24, 2.45) is 5.73 Å². The molecule has 0 bridgehead atoms. The molecule has 0 spiro atoms. The molecule has 1 aromatic rings. The summed E-state index contributed by atoms with van der Waals surface area (Å²) in [5, 5.41) is 0.0392. The third kappa shape index (κ3) is 3.80. The molecule has 0 fully saturated rings. The molecule has 1 atom stereocenters. The quantitative estimate of drug-likeness (QED) is 0.922. The van der Waals surface area contributed by atoms with Gasteiger partial charge in [0.15, 0.2) is 0 Å². The largest absolute Gasteiger partial charge is 0.329 e. The van der Waals surface area contributed by atoms with Gasteiger partial charge in [-0.15, -0.1) is 12.4 Å². The van der Waals surface area contributed by atoms with Crippen molar-refractivity contribution in [2.75, 3.05) is 13.6 Å². The van der Waals surface area contributed by atoms with Gasteiger partial charge in [0.05, 0.1) is 4.90 Å². The van der Waals surface area contributed by atoms with E-state index in [1.807, 2.05) is 0 Å². The van der Waals surface area contributed by atoms with Gasteiger partial charge in [-0.1, -0.05) is 11.6 Å². The fourth-order valence-electron chi connectivity index (χ4n) is 1.23. The van der Waals surface area contributed by atoms with E-state index in [1.54, 1.807) is 6.92 Å². The number of hydrogen-bond donors (Lipinski definition) is 1. The lowest BCUT2D eigenvalue weighted by Crippen LogP contribution is -2.39. The molecular formula is C10H15Cl2FN2O2S. The second-order valence-corrected chi connectivity index (χ2v) is 6.15. The molecule has 18 heavy (non-hydrogen) atoms. The second kappa shape index (κ2) is 6.68. The van der Waals surface area contributed by atoms with Gasteiger partial charge in [0.25, 0.3) is 0 Å². The highest BCUT2D eigenvalue weighted by atomic mass is 35.5. The number of nitrogens with zero attached hydrogens (tertiary/aromatic N) is 1. The summed E-state index contributed by atoms with van der Waals surface area (Å²) in [5.41, 5.74) is 5.40. The van der Waals surface area contributed by atoms with Crippen molar-refractivity contribution in [1.82, 2.24) is 4.31 Å². The number of benzene rings is 1. The lowest BCUT2D eigenvalue weighted by Gasteiger charge is -2.23. The topological polar surface area (TPSA) is 63.4 Å². The van der Waals surface area contributed by atoms with Crippen LogP contribution in [0.1, 0.15) is 6.92 Å². The maximum atomic E-state index is 13.1. The number of halogens is 3. The fraction of sp³-hybridized carbons (Fsp3) is 0.400. The Bertz CT molecular complexity index is 490. The molecule has 4 nitrogen and oxygen atoms in total. The number of rotatable bonds is 4. The molecule has 1 aromatic carbocycles. The molecule has 0 aliphatic carbocycles. The van der Waals surface area contributed by atoms with E-state index in [9.17, 15) is 12.8 Å². The summed E-state index contributed by atoms with van der Waals surface area (Å²) in [6, 6.07) is 2.81. The molecular weight excluding hydrogens is 302 g/mol. The van der Waals surface area contributed by atoms with E-state index in [1.165, 1.54) is 13.1 Å². The Hall–Kier alpha value is -0.400. The van der Waals surface area contributed by atoms with Crippen molar-refractivity contribution in [3.63, 3.8) is 0 Å². The van der Waals surface area contributed by atoms with Gasteiger partial charge in [-0.3, -0.25) is 0 Å². The molecule has 0 amide bonds. The Morgan fingerprint density at radius 2 is 2.00 bits per heavy atom. The third-order valence-corrected chi connectivity index (χ3v) is 4.64. The number of sulfonamides is 1. The summed E-state index contributed by atoms with van der Waals surface area (Å²) in [4.78, 5) is -0.176. The monoisotopic (exact) mass is 316 g/mol. The Balaban J connectivity index is 0.00000289. The van der Waals surface area contributed by atoms with Crippen LogP contribution in [0.15, 0.2) is 23.1 Å². The number of likely N-dealkylation sites (N-methyl/N-ethyl adjacent to an activating group) is 1. The van der Waals surface area contributed by atoms with Gasteiger partial charge in [0, 0.05) is 24.7 Å². The Morgan fingerprint density at radius 3 is 2.44 bits per heavy atom. The normalized spacial score (nSPS) is 13.2. The van der Waals surface area contributed by atoms with Gasteiger partial charge in [0.2, 0.25) is 10.0 Å². The first kappa shape index (κ1) is 17.6. The van der Waals surface area contributed by atoms with Gasteiger partial charge < -0.3 is 5.73 Å². The highest BCUT2D eigenvalue weighted by Gasteiger charge is 2.25. The molecule has 104 valence electrons. The highest BCUT2D eigenvalue weighted by Crippen LogP contribution is 2.21. The van der Waals surface area contributed by atoms with Crippen LogP contribution in [-0.2, 0) is 10.0 Å². The molecule has 0 saturated carbocycles. The Labute approximate surface area is 117 Å². The van der Waals surface area contributed by atoms with Crippen molar-refractivity contribution < 1.29 is 12.8 Å². The van der Waals surface area contributed by atoms with Gasteiger partial charge in [-0.2, -0.15) is 4.31 Å². The van der Waals surface area contributed by atoms with Crippen LogP contribution in [0.25, 0.3) is 0 Å². The maximum absolute atomic E-state index is 13.1. The summed E-state index contributed by atoms with van der Waals surface area (Å²) in [6.07, 6.45) is 0. The average Bonchev–Trinajstić information content (AvgIpc) is 2.25. The lowest BCUT2D eigenvalue weighted by molar-refractivity contribution is 0.394. The van der Waals surface area contributed by atoms with Crippen LogP contribution in [-0.4, -0.2) is 32.4 Å². The van der Waals surface area contributed by atoms with E-state index < -0.39 is 15.8 Å². The minimum Gasteiger partial charge on any atom is -0.329 e. The highest BCUT2D eigenvalue weighted by molar-refractivity contribution is 7.89. The van der Waals surface area contributed by atoms with Crippen LogP contribution < -0.4 is 5.73 Å².